The van der Waals surface area contributed by atoms with Gasteiger partial charge in [0, 0.05) is 18.6 Å². The zero-order valence-corrected chi connectivity index (χ0v) is 12.8. The van der Waals surface area contributed by atoms with Gasteiger partial charge in [-0.2, -0.15) is 15.0 Å². The molecule has 2 heterocycles. The Labute approximate surface area is 124 Å². The van der Waals surface area contributed by atoms with E-state index in [2.05, 4.69) is 30.5 Å². The lowest BCUT2D eigenvalue weighted by Gasteiger charge is -2.20. The minimum Gasteiger partial charge on any atom is -0.368 e. The molecular weight excluding hydrogens is 270 g/mol. The Balaban J connectivity index is 1.98. The number of anilines is 3. The van der Waals surface area contributed by atoms with E-state index < -0.39 is 0 Å². The van der Waals surface area contributed by atoms with Crippen LogP contribution in [0.5, 0.6) is 0 Å². The lowest BCUT2D eigenvalue weighted by Crippen LogP contribution is -2.43. The van der Waals surface area contributed by atoms with Crippen molar-refractivity contribution in [1.82, 2.24) is 20.3 Å². The number of carbonyl (C=O) groups is 1. The van der Waals surface area contributed by atoms with Gasteiger partial charge in [-0.3, -0.25) is 4.79 Å². The number of nitrogens with one attached hydrogen (secondary N) is 2. The molecule has 2 rings (SSSR count). The standard InChI is InChI=1S/C13H23N7O/c1-13(2,3)19-9(21)8-15-11-16-10(14)17-12(18-11)20-6-4-5-7-20/h4-8H2,1-3H3,(H,19,21)(H3,14,15,16,17,18). The average molecular weight is 293 g/mol. The average Bonchev–Trinajstić information content (AvgIpc) is 2.87. The second-order valence-corrected chi connectivity index (χ2v) is 6.16. The smallest absolute Gasteiger partial charge is 0.239 e. The van der Waals surface area contributed by atoms with Gasteiger partial charge in [0.05, 0.1) is 6.54 Å². The van der Waals surface area contributed by atoms with Crippen LogP contribution >= 0.6 is 0 Å². The first-order chi connectivity index (χ1) is 9.83. The molecule has 21 heavy (non-hydrogen) atoms. The van der Waals surface area contributed by atoms with Crippen molar-refractivity contribution in [1.29, 1.82) is 0 Å². The molecule has 1 saturated heterocycles. The van der Waals surface area contributed by atoms with Crippen molar-refractivity contribution >= 4 is 23.8 Å². The van der Waals surface area contributed by atoms with Gasteiger partial charge >= 0.3 is 0 Å². The maximum atomic E-state index is 11.8. The van der Waals surface area contributed by atoms with Gasteiger partial charge in [0.25, 0.3) is 0 Å². The van der Waals surface area contributed by atoms with Gasteiger partial charge in [-0.15, -0.1) is 0 Å². The zero-order chi connectivity index (χ0) is 15.5. The monoisotopic (exact) mass is 293 g/mol. The fourth-order valence-electron chi connectivity index (χ4n) is 2.14. The molecule has 0 spiro atoms. The van der Waals surface area contributed by atoms with E-state index in [1.54, 1.807) is 0 Å². The number of nitrogen functional groups attached to an aromatic ring is 1. The molecule has 116 valence electrons. The van der Waals surface area contributed by atoms with Crippen molar-refractivity contribution in [2.75, 3.05) is 35.6 Å². The molecule has 8 heteroatoms. The van der Waals surface area contributed by atoms with Crippen LogP contribution in [0.2, 0.25) is 0 Å². The molecule has 0 atom stereocenters. The fraction of sp³-hybridized carbons (Fsp3) is 0.692. The lowest BCUT2D eigenvalue weighted by atomic mass is 10.1. The third-order valence-electron chi connectivity index (χ3n) is 2.95. The van der Waals surface area contributed by atoms with E-state index in [9.17, 15) is 4.79 Å². The van der Waals surface area contributed by atoms with Crippen LogP contribution in [0.15, 0.2) is 0 Å². The predicted octanol–water partition coefficient (Wildman–Crippen LogP) is 0.381. The first-order valence-corrected chi connectivity index (χ1v) is 7.15. The number of carbonyl (C=O) groups excluding carboxylic acids is 1. The molecule has 1 aliphatic rings. The third-order valence-corrected chi connectivity index (χ3v) is 2.95. The Morgan fingerprint density at radius 1 is 1.24 bits per heavy atom. The summed E-state index contributed by atoms with van der Waals surface area (Å²) in [5.41, 5.74) is 5.44. The highest BCUT2D eigenvalue weighted by Crippen LogP contribution is 2.17. The van der Waals surface area contributed by atoms with Crippen LogP contribution in [0.4, 0.5) is 17.8 Å². The lowest BCUT2D eigenvalue weighted by molar-refractivity contribution is -0.120. The Hall–Kier alpha value is -2.12. The minimum atomic E-state index is -0.266. The molecule has 1 amide bonds. The molecule has 1 aromatic heterocycles. The van der Waals surface area contributed by atoms with Gasteiger partial charge < -0.3 is 21.3 Å². The number of rotatable bonds is 4. The van der Waals surface area contributed by atoms with E-state index >= 15 is 0 Å². The van der Waals surface area contributed by atoms with E-state index in [0.717, 1.165) is 25.9 Å². The first-order valence-electron chi connectivity index (χ1n) is 7.15. The van der Waals surface area contributed by atoms with Gasteiger partial charge in [0.2, 0.25) is 23.8 Å². The molecule has 0 aromatic carbocycles. The van der Waals surface area contributed by atoms with Gasteiger partial charge in [-0.25, -0.2) is 0 Å². The quantitative estimate of drug-likeness (QED) is 0.736. The van der Waals surface area contributed by atoms with Crippen molar-refractivity contribution in [3.8, 4) is 0 Å². The van der Waals surface area contributed by atoms with E-state index in [1.165, 1.54) is 0 Å². The second-order valence-electron chi connectivity index (χ2n) is 6.16. The summed E-state index contributed by atoms with van der Waals surface area (Å²) in [6, 6.07) is 0. The maximum Gasteiger partial charge on any atom is 0.239 e. The van der Waals surface area contributed by atoms with Gasteiger partial charge in [0.1, 0.15) is 0 Å². The van der Waals surface area contributed by atoms with E-state index in [-0.39, 0.29) is 23.9 Å². The number of nitrogens with zero attached hydrogens (tertiary/aromatic N) is 4. The largest absolute Gasteiger partial charge is 0.368 e. The van der Waals surface area contributed by atoms with Crippen LogP contribution in [0, 0.1) is 0 Å². The van der Waals surface area contributed by atoms with Crippen molar-refractivity contribution in [3.63, 3.8) is 0 Å². The van der Waals surface area contributed by atoms with Crippen molar-refractivity contribution in [3.05, 3.63) is 0 Å². The van der Waals surface area contributed by atoms with Crippen LogP contribution in [0.25, 0.3) is 0 Å². The van der Waals surface area contributed by atoms with Crippen molar-refractivity contribution < 1.29 is 4.79 Å². The van der Waals surface area contributed by atoms with Crippen LogP contribution in [-0.2, 0) is 4.79 Å². The highest BCUT2D eigenvalue weighted by molar-refractivity contribution is 5.80. The third kappa shape index (κ3) is 4.73. The van der Waals surface area contributed by atoms with Crippen LogP contribution < -0.4 is 21.3 Å². The Morgan fingerprint density at radius 3 is 2.52 bits per heavy atom. The molecule has 0 aliphatic carbocycles. The highest BCUT2D eigenvalue weighted by Gasteiger charge is 2.17. The summed E-state index contributed by atoms with van der Waals surface area (Å²) in [6.07, 6.45) is 2.25. The number of amides is 1. The summed E-state index contributed by atoms with van der Waals surface area (Å²) in [6.45, 7) is 7.73. The number of hydrogen-bond acceptors (Lipinski definition) is 7. The van der Waals surface area contributed by atoms with Crippen molar-refractivity contribution in [2.45, 2.75) is 39.2 Å². The van der Waals surface area contributed by atoms with Gasteiger partial charge in [-0.05, 0) is 33.6 Å². The molecule has 0 unspecified atom stereocenters. The van der Waals surface area contributed by atoms with Crippen molar-refractivity contribution in [2.24, 2.45) is 0 Å². The second kappa shape index (κ2) is 6.11. The van der Waals surface area contributed by atoms with Crippen LogP contribution in [-0.4, -0.2) is 46.0 Å². The first kappa shape index (κ1) is 15.3. The molecule has 0 saturated carbocycles. The summed E-state index contributed by atoms with van der Waals surface area (Å²) >= 11 is 0. The molecule has 4 N–H and O–H groups in total. The molecular formula is C13H23N7O. The van der Waals surface area contributed by atoms with Crippen LogP contribution in [0.3, 0.4) is 0 Å². The molecule has 0 bridgehead atoms. The summed E-state index contributed by atoms with van der Waals surface area (Å²) in [7, 11) is 0. The molecule has 8 nitrogen and oxygen atoms in total. The predicted molar refractivity (Wildman–Crippen MR) is 82.1 cm³/mol. The molecule has 0 radical (unpaired) electrons. The van der Waals surface area contributed by atoms with E-state index in [4.69, 9.17) is 5.73 Å². The summed E-state index contributed by atoms with van der Waals surface area (Å²) in [4.78, 5) is 26.3. The zero-order valence-electron chi connectivity index (χ0n) is 12.8. The topological polar surface area (TPSA) is 109 Å². The van der Waals surface area contributed by atoms with Gasteiger partial charge in [0.15, 0.2) is 0 Å². The SMILES string of the molecule is CC(C)(C)NC(=O)CNc1nc(N)nc(N2CCCC2)n1. The highest BCUT2D eigenvalue weighted by atomic mass is 16.2. The normalized spacial score (nSPS) is 15.1. The summed E-state index contributed by atoms with van der Waals surface area (Å²) in [5.74, 6) is 0.932. The van der Waals surface area contributed by atoms with Gasteiger partial charge in [-0.1, -0.05) is 0 Å². The number of nitrogens with two attached hydrogens (primary N) is 1. The summed E-state index contributed by atoms with van der Waals surface area (Å²) in [5, 5.41) is 5.75. The minimum absolute atomic E-state index is 0.0974. The summed E-state index contributed by atoms with van der Waals surface area (Å²) < 4.78 is 0. The maximum absolute atomic E-state index is 11.8. The van der Waals surface area contributed by atoms with E-state index in [1.807, 2.05) is 20.8 Å². The molecule has 1 aromatic rings. The van der Waals surface area contributed by atoms with E-state index in [0.29, 0.717) is 11.9 Å². The Kier molecular flexibility index (Phi) is 4.44. The number of aromatic nitrogens is 3. The molecule has 1 aliphatic heterocycles. The Bertz CT molecular complexity index is 506. The Morgan fingerprint density at radius 2 is 1.90 bits per heavy atom. The fourth-order valence-corrected chi connectivity index (χ4v) is 2.14. The molecule has 1 fully saturated rings. The van der Waals surface area contributed by atoms with Crippen LogP contribution in [0.1, 0.15) is 33.6 Å². The number of hydrogen-bond donors (Lipinski definition) is 3.